The summed E-state index contributed by atoms with van der Waals surface area (Å²) in [7, 11) is 2.02. The van der Waals surface area contributed by atoms with Crippen LogP contribution in [-0.4, -0.2) is 63.4 Å². The van der Waals surface area contributed by atoms with Gasteiger partial charge in [0.25, 0.3) is 0 Å². The molecule has 1 saturated heterocycles. The molecule has 0 spiro atoms. The van der Waals surface area contributed by atoms with Gasteiger partial charge in [-0.3, -0.25) is 9.69 Å². The summed E-state index contributed by atoms with van der Waals surface area (Å²) < 4.78 is 2.06. The fourth-order valence-electron chi connectivity index (χ4n) is 2.72. The van der Waals surface area contributed by atoms with E-state index >= 15 is 0 Å². The Kier molecular flexibility index (Phi) is 5.48. The van der Waals surface area contributed by atoms with Crippen LogP contribution in [0.25, 0.3) is 0 Å². The van der Waals surface area contributed by atoms with Crippen LogP contribution in [0, 0.1) is 0 Å². The molecule has 1 atom stereocenters. The van der Waals surface area contributed by atoms with E-state index in [1.165, 1.54) is 0 Å². The molecule has 6 heteroatoms. The highest BCUT2D eigenvalue weighted by Gasteiger charge is 2.31. The van der Waals surface area contributed by atoms with E-state index < -0.39 is 0 Å². The first-order valence-corrected chi connectivity index (χ1v) is 8.54. The summed E-state index contributed by atoms with van der Waals surface area (Å²) in [6, 6.07) is 0.215. The van der Waals surface area contributed by atoms with Gasteiger partial charge in [-0.25, -0.2) is 4.98 Å². The van der Waals surface area contributed by atoms with Gasteiger partial charge in [0, 0.05) is 51.2 Å². The van der Waals surface area contributed by atoms with Crippen molar-refractivity contribution in [2.45, 2.75) is 19.4 Å². The van der Waals surface area contributed by atoms with Gasteiger partial charge in [0.05, 0.1) is 6.04 Å². The van der Waals surface area contributed by atoms with E-state index in [0.29, 0.717) is 6.42 Å². The van der Waals surface area contributed by atoms with E-state index in [1.54, 1.807) is 11.8 Å². The average Bonchev–Trinajstić information content (AvgIpc) is 2.90. The Bertz CT molecular complexity index is 448. The van der Waals surface area contributed by atoms with Crippen molar-refractivity contribution in [3.8, 4) is 0 Å². The molecular weight excluding hydrogens is 272 g/mol. The van der Waals surface area contributed by atoms with E-state index in [1.807, 2.05) is 30.6 Å². The SMILES string of the molecule is CCN1CCN(C(=O)CCSC)CC1c1nccn1C. The van der Waals surface area contributed by atoms with Gasteiger partial charge in [0.15, 0.2) is 0 Å². The van der Waals surface area contributed by atoms with E-state index in [4.69, 9.17) is 0 Å². The highest BCUT2D eigenvalue weighted by molar-refractivity contribution is 7.98. The van der Waals surface area contributed by atoms with Crippen molar-refractivity contribution in [1.29, 1.82) is 0 Å². The molecule has 1 unspecified atom stereocenters. The molecule has 5 nitrogen and oxygen atoms in total. The largest absolute Gasteiger partial charge is 0.339 e. The summed E-state index contributed by atoms with van der Waals surface area (Å²) in [5, 5.41) is 0. The molecule has 1 aliphatic heterocycles. The van der Waals surface area contributed by atoms with Crippen LogP contribution in [0.4, 0.5) is 0 Å². The lowest BCUT2D eigenvalue weighted by molar-refractivity contribution is -0.133. The van der Waals surface area contributed by atoms with Gasteiger partial charge in [-0.15, -0.1) is 0 Å². The standard InChI is InChI=1S/C14H24N4OS/c1-4-17-8-9-18(13(19)5-10-20-3)11-12(17)14-15-6-7-16(14)2/h6-7,12H,4-5,8-11H2,1-3H3. The molecule has 20 heavy (non-hydrogen) atoms. The number of amides is 1. The maximum Gasteiger partial charge on any atom is 0.223 e. The van der Waals surface area contributed by atoms with Gasteiger partial charge in [-0.1, -0.05) is 6.92 Å². The van der Waals surface area contributed by atoms with Crippen LogP contribution in [0.15, 0.2) is 12.4 Å². The third-order valence-electron chi connectivity index (χ3n) is 3.93. The number of carbonyl (C=O) groups excluding carboxylic acids is 1. The number of piperazine rings is 1. The molecule has 1 fully saturated rings. The zero-order valence-corrected chi connectivity index (χ0v) is 13.4. The van der Waals surface area contributed by atoms with E-state index in [2.05, 4.69) is 21.4 Å². The van der Waals surface area contributed by atoms with E-state index in [9.17, 15) is 4.79 Å². The molecule has 0 N–H and O–H groups in total. The van der Waals surface area contributed by atoms with Gasteiger partial charge < -0.3 is 9.47 Å². The fourth-order valence-corrected chi connectivity index (χ4v) is 3.09. The second-order valence-electron chi connectivity index (χ2n) is 5.12. The van der Waals surface area contributed by atoms with E-state index in [-0.39, 0.29) is 11.9 Å². The molecule has 112 valence electrons. The highest BCUT2D eigenvalue weighted by atomic mass is 32.2. The van der Waals surface area contributed by atoms with Crippen molar-refractivity contribution < 1.29 is 4.79 Å². The van der Waals surface area contributed by atoms with Crippen molar-refractivity contribution in [1.82, 2.24) is 19.4 Å². The molecule has 2 rings (SSSR count). The number of nitrogens with zero attached hydrogens (tertiary/aromatic N) is 4. The molecule has 1 amide bonds. The normalized spacial score (nSPS) is 20.4. The molecule has 2 heterocycles. The summed E-state index contributed by atoms with van der Waals surface area (Å²) in [5.41, 5.74) is 0. The molecule has 0 aromatic carbocycles. The third-order valence-corrected chi connectivity index (χ3v) is 4.54. The number of hydrogen-bond acceptors (Lipinski definition) is 4. The molecule has 1 aromatic rings. The Morgan fingerprint density at radius 3 is 2.90 bits per heavy atom. The molecule has 1 aliphatic rings. The maximum absolute atomic E-state index is 12.2. The molecule has 0 aliphatic carbocycles. The van der Waals surface area contributed by atoms with Crippen LogP contribution in [0.2, 0.25) is 0 Å². The lowest BCUT2D eigenvalue weighted by atomic mass is 10.1. The average molecular weight is 296 g/mol. The number of thioether (sulfide) groups is 1. The Morgan fingerprint density at radius 1 is 1.50 bits per heavy atom. The number of imidazole rings is 1. The van der Waals surface area contributed by atoms with Crippen LogP contribution in [-0.2, 0) is 11.8 Å². The number of aryl methyl sites for hydroxylation is 1. The van der Waals surface area contributed by atoms with Gasteiger partial charge in [-0.2, -0.15) is 11.8 Å². The monoisotopic (exact) mass is 296 g/mol. The van der Waals surface area contributed by atoms with Crippen molar-refractivity contribution in [2.75, 3.05) is 38.2 Å². The second kappa shape index (κ2) is 7.13. The second-order valence-corrected chi connectivity index (χ2v) is 6.11. The minimum atomic E-state index is 0.215. The number of rotatable bonds is 5. The van der Waals surface area contributed by atoms with Crippen molar-refractivity contribution in [2.24, 2.45) is 7.05 Å². The summed E-state index contributed by atoms with van der Waals surface area (Å²) >= 11 is 1.73. The first kappa shape index (κ1) is 15.4. The highest BCUT2D eigenvalue weighted by Crippen LogP contribution is 2.24. The Balaban J connectivity index is 2.08. The smallest absolute Gasteiger partial charge is 0.223 e. The van der Waals surface area contributed by atoms with Gasteiger partial charge in [-0.05, 0) is 12.8 Å². The summed E-state index contributed by atoms with van der Waals surface area (Å²) in [6.45, 7) is 5.68. The first-order valence-electron chi connectivity index (χ1n) is 7.15. The fraction of sp³-hybridized carbons (Fsp3) is 0.714. The quantitative estimate of drug-likeness (QED) is 0.823. The zero-order chi connectivity index (χ0) is 14.5. The predicted molar refractivity (Wildman–Crippen MR) is 82.8 cm³/mol. The molecule has 0 saturated carbocycles. The number of likely N-dealkylation sites (N-methyl/N-ethyl adjacent to an activating group) is 1. The molecule has 1 aromatic heterocycles. The Labute approximate surface area is 125 Å². The lowest BCUT2D eigenvalue weighted by Gasteiger charge is -2.40. The third kappa shape index (κ3) is 3.35. The van der Waals surface area contributed by atoms with Crippen LogP contribution in [0.1, 0.15) is 25.2 Å². The number of hydrogen-bond donors (Lipinski definition) is 0. The van der Waals surface area contributed by atoms with Gasteiger partial charge in [0.2, 0.25) is 5.91 Å². The minimum absolute atomic E-state index is 0.215. The van der Waals surface area contributed by atoms with Gasteiger partial charge >= 0.3 is 0 Å². The first-order chi connectivity index (χ1) is 9.67. The van der Waals surface area contributed by atoms with Crippen LogP contribution in [0.3, 0.4) is 0 Å². The zero-order valence-electron chi connectivity index (χ0n) is 12.6. The predicted octanol–water partition coefficient (Wildman–Crippen LogP) is 1.38. The van der Waals surface area contributed by atoms with Crippen LogP contribution >= 0.6 is 11.8 Å². The van der Waals surface area contributed by atoms with E-state index in [0.717, 1.165) is 37.8 Å². The molecule has 0 bridgehead atoms. The minimum Gasteiger partial charge on any atom is -0.339 e. The topological polar surface area (TPSA) is 41.4 Å². The van der Waals surface area contributed by atoms with Crippen LogP contribution in [0.5, 0.6) is 0 Å². The summed E-state index contributed by atoms with van der Waals surface area (Å²) in [6.07, 6.45) is 6.48. The van der Waals surface area contributed by atoms with Gasteiger partial charge in [0.1, 0.15) is 5.82 Å². The summed E-state index contributed by atoms with van der Waals surface area (Å²) in [5.74, 6) is 2.23. The number of carbonyl (C=O) groups is 1. The van der Waals surface area contributed by atoms with Crippen molar-refractivity contribution in [3.63, 3.8) is 0 Å². The number of aromatic nitrogens is 2. The molecule has 0 radical (unpaired) electrons. The van der Waals surface area contributed by atoms with Crippen molar-refractivity contribution in [3.05, 3.63) is 18.2 Å². The maximum atomic E-state index is 12.2. The summed E-state index contributed by atoms with van der Waals surface area (Å²) in [4.78, 5) is 21.1. The Morgan fingerprint density at radius 2 is 2.30 bits per heavy atom. The van der Waals surface area contributed by atoms with Crippen molar-refractivity contribution >= 4 is 17.7 Å². The van der Waals surface area contributed by atoms with Crippen LogP contribution < -0.4 is 0 Å². The Hall–Kier alpha value is -1.01. The lowest BCUT2D eigenvalue weighted by Crippen LogP contribution is -2.51. The molecular formula is C14H24N4OS.